The lowest BCUT2D eigenvalue weighted by atomic mass is 10.1. The lowest BCUT2D eigenvalue weighted by Gasteiger charge is -2.10. The van der Waals surface area contributed by atoms with Crippen LogP contribution >= 0.6 is 11.8 Å². The van der Waals surface area contributed by atoms with Gasteiger partial charge in [-0.15, -0.1) is 11.8 Å². The van der Waals surface area contributed by atoms with Gasteiger partial charge in [0.1, 0.15) is 5.75 Å². The van der Waals surface area contributed by atoms with E-state index in [-0.39, 0.29) is 5.78 Å². The number of fused-ring (bicyclic) bond motifs is 1. The van der Waals surface area contributed by atoms with Crippen LogP contribution in [0.15, 0.2) is 17.0 Å². The molecule has 1 aromatic carbocycles. The Hall–Kier alpha value is -1.16. The first-order valence-electron chi connectivity index (χ1n) is 4.86. The highest BCUT2D eigenvalue weighted by atomic mass is 32.2. The second-order valence-corrected chi connectivity index (χ2v) is 4.58. The molecule has 0 amide bonds. The number of nitrogens with two attached hydrogens (primary N) is 1. The number of carbonyl (C=O) groups excluding carboxylic acids is 1. The number of carbonyl (C=O) groups is 1. The van der Waals surface area contributed by atoms with Crippen LogP contribution in [0.4, 0.5) is 5.69 Å². The monoisotopic (exact) mass is 223 g/mol. The number of thioether (sulfide) groups is 1. The number of Topliss-reactive ketones (excluding diaryl/α,β-unsaturated/α-hetero) is 1. The number of methoxy groups -OCH3 is 1. The van der Waals surface area contributed by atoms with Crippen molar-refractivity contribution in [1.29, 1.82) is 0 Å². The highest BCUT2D eigenvalue weighted by molar-refractivity contribution is 7.99. The van der Waals surface area contributed by atoms with Gasteiger partial charge in [0.05, 0.1) is 12.0 Å². The molecule has 0 radical (unpaired) electrons. The van der Waals surface area contributed by atoms with Crippen molar-refractivity contribution in [3.05, 3.63) is 17.7 Å². The summed E-state index contributed by atoms with van der Waals surface area (Å²) in [5, 5.41) is 0. The summed E-state index contributed by atoms with van der Waals surface area (Å²) < 4.78 is 5.24. The summed E-state index contributed by atoms with van der Waals surface area (Å²) in [7, 11) is 1.60. The lowest BCUT2D eigenvalue weighted by Crippen LogP contribution is -2.01. The van der Waals surface area contributed by atoms with Gasteiger partial charge in [-0.2, -0.15) is 0 Å². The van der Waals surface area contributed by atoms with Crippen molar-refractivity contribution >= 4 is 23.2 Å². The average molecular weight is 223 g/mol. The smallest absolute Gasteiger partial charge is 0.164 e. The first kappa shape index (κ1) is 10.4. The number of anilines is 1. The molecule has 4 heteroatoms. The average Bonchev–Trinajstić information content (AvgIpc) is 2.40. The number of benzene rings is 1. The van der Waals surface area contributed by atoms with Gasteiger partial charge in [-0.1, -0.05) is 0 Å². The van der Waals surface area contributed by atoms with Crippen LogP contribution in [0.3, 0.4) is 0 Å². The first-order valence-corrected chi connectivity index (χ1v) is 5.84. The van der Waals surface area contributed by atoms with E-state index in [1.807, 2.05) is 0 Å². The van der Waals surface area contributed by atoms with Gasteiger partial charge < -0.3 is 10.5 Å². The number of ether oxygens (including phenoxy) is 1. The van der Waals surface area contributed by atoms with Crippen LogP contribution in [-0.4, -0.2) is 18.6 Å². The Kier molecular flexibility index (Phi) is 2.86. The molecule has 0 saturated heterocycles. The molecule has 3 nitrogen and oxygen atoms in total. The van der Waals surface area contributed by atoms with Gasteiger partial charge in [-0.05, 0) is 18.2 Å². The Morgan fingerprint density at radius 2 is 2.27 bits per heavy atom. The fourth-order valence-electron chi connectivity index (χ4n) is 1.67. The summed E-state index contributed by atoms with van der Waals surface area (Å²) in [4.78, 5) is 12.7. The van der Waals surface area contributed by atoms with E-state index in [4.69, 9.17) is 10.5 Å². The molecule has 2 rings (SSSR count). The quantitative estimate of drug-likeness (QED) is 0.742. The van der Waals surface area contributed by atoms with Crippen molar-refractivity contribution in [3.63, 3.8) is 0 Å². The van der Waals surface area contributed by atoms with E-state index in [0.717, 1.165) is 17.1 Å². The van der Waals surface area contributed by atoms with Crippen molar-refractivity contribution in [2.24, 2.45) is 0 Å². The first-order chi connectivity index (χ1) is 7.22. The van der Waals surface area contributed by atoms with Crippen molar-refractivity contribution in [2.75, 3.05) is 18.6 Å². The van der Waals surface area contributed by atoms with E-state index < -0.39 is 0 Å². The normalized spacial score (nSPS) is 15.7. The van der Waals surface area contributed by atoms with Crippen molar-refractivity contribution in [2.45, 2.75) is 17.7 Å². The predicted molar refractivity (Wildman–Crippen MR) is 61.7 cm³/mol. The molecule has 2 N–H and O–H groups in total. The minimum atomic E-state index is 0.167. The van der Waals surface area contributed by atoms with E-state index in [9.17, 15) is 4.79 Å². The Bertz CT molecular complexity index is 404. The van der Waals surface area contributed by atoms with Crippen LogP contribution in [0.2, 0.25) is 0 Å². The molecule has 1 aliphatic rings. The zero-order chi connectivity index (χ0) is 10.8. The molecule has 0 aromatic heterocycles. The van der Waals surface area contributed by atoms with Crippen LogP contribution in [0.5, 0.6) is 5.75 Å². The summed E-state index contributed by atoms with van der Waals surface area (Å²) in [6, 6.07) is 3.52. The van der Waals surface area contributed by atoms with Gasteiger partial charge in [0, 0.05) is 23.7 Å². The second-order valence-electron chi connectivity index (χ2n) is 3.48. The van der Waals surface area contributed by atoms with Crippen LogP contribution in [0.25, 0.3) is 0 Å². The molecule has 0 atom stereocenters. The molecule has 1 aliphatic heterocycles. The molecule has 0 aliphatic carbocycles. The van der Waals surface area contributed by atoms with Crippen molar-refractivity contribution in [3.8, 4) is 5.75 Å². The largest absolute Gasteiger partial charge is 0.495 e. The van der Waals surface area contributed by atoms with Crippen LogP contribution in [0.1, 0.15) is 23.2 Å². The third-order valence-corrected chi connectivity index (χ3v) is 3.59. The van der Waals surface area contributed by atoms with E-state index in [2.05, 4.69) is 0 Å². The molecule has 0 spiro atoms. The minimum absolute atomic E-state index is 0.167. The standard InChI is InChI=1S/C11H13NO2S/c1-14-10-6-7(12)5-8-9(13)3-2-4-15-11(8)10/h5-6H,2-4,12H2,1H3. The molecule has 0 saturated carbocycles. The third-order valence-electron chi connectivity index (χ3n) is 2.39. The topological polar surface area (TPSA) is 52.3 Å². The van der Waals surface area contributed by atoms with Crippen LogP contribution < -0.4 is 10.5 Å². The van der Waals surface area contributed by atoms with Gasteiger partial charge in [-0.3, -0.25) is 4.79 Å². The molecule has 0 bridgehead atoms. The van der Waals surface area contributed by atoms with Gasteiger partial charge in [0.2, 0.25) is 0 Å². The predicted octanol–water partition coefficient (Wildman–Crippen LogP) is 2.35. The number of ketones is 1. The van der Waals surface area contributed by atoms with E-state index in [1.165, 1.54) is 0 Å². The number of hydrogen-bond donors (Lipinski definition) is 1. The highest BCUT2D eigenvalue weighted by Gasteiger charge is 2.20. The molecule has 0 fully saturated rings. The number of hydrogen-bond acceptors (Lipinski definition) is 4. The molecule has 15 heavy (non-hydrogen) atoms. The van der Waals surface area contributed by atoms with Crippen LogP contribution in [0, 0.1) is 0 Å². The van der Waals surface area contributed by atoms with Gasteiger partial charge in [-0.25, -0.2) is 0 Å². The number of nitrogen functional groups attached to an aromatic ring is 1. The summed E-state index contributed by atoms with van der Waals surface area (Å²) in [6.45, 7) is 0. The molecular weight excluding hydrogens is 210 g/mol. The Labute approximate surface area is 93.0 Å². The molecular formula is C11H13NO2S. The van der Waals surface area contributed by atoms with E-state index in [1.54, 1.807) is 31.0 Å². The maximum atomic E-state index is 11.8. The molecule has 1 aromatic rings. The molecule has 80 valence electrons. The van der Waals surface area contributed by atoms with E-state index in [0.29, 0.717) is 23.4 Å². The summed E-state index contributed by atoms with van der Waals surface area (Å²) in [5.41, 5.74) is 7.03. The second kappa shape index (κ2) is 4.14. The maximum absolute atomic E-state index is 11.8. The highest BCUT2D eigenvalue weighted by Crippen LogP contribution is 2.38. The van der Waals surface area contributed by atoms with Crippen molar-refractivity contribution < 1.29 is 9.53 Å². The maximum Gasteiger partial charge on any atom is 0.164 e. The van der Waals surface area contributed by atoms with Crippen molar-refractivity contribution in [1.82, 2.24) is 0 Å². The summed E-state index contributed by atoms with van der Waals surface area (Å²) in [5.74, 6) is 1.84. The number of rotatable bonds is 1. The van der Waals surface area contributed by atoms with E-state index >= 15 is 0 Å². The lowest BCUT2D eigenvalue weighted by molar-refractivity contribution is 0.0980. The zero-order valence-electron chi connectivity index (χ0n) is 8.58. The fraction of sp³-hybridized carbons (Fsp3) is 0.364. The molecule has 1 heterocycles. The SMILES string of the molecule is COc1cc(N)cc2c1SCCCC2=O. The minimum Gasteiger partial charge on any atom is -0.495 e. The van der Waals surface area contributed by atoms with Gasteiger partial charge in [0.15, 0.2) is 5.78 Å². The zero-order valence-corrected chi connectivity index (χ0v) is 9.39. The molecule has 0 unspecified atom stereocenters. The van der Waals surface area contributed by atoms with Crippen LogP contribution in [-0.2, 0) is 0 Å². The Balaban J connectivity index is 2.58. The fourth-order valence-corrected chi connectivity index (χ4v) is 2.78. The summed E-state index contributed by atoms with van der Waals surface area (Å²) >= 11 is 1.67. The third kappa shape index (κ3) is 1.95. The summed E-state index contributed by atoms with van der Waals surface area (Å²) in [6.07, 6.45) is 1.52. The Morgan fingerprint density at radius 3 is 3.00 bits per heavy atom. The van der Waals surface area contributed by atoms with Gasteiger partial charge in [0.25, 0.3) is 0 Å². The van der Waals surface area contributed by atoms with Gasteiger partial charge >= 0.3 is 0 Å². The Morgan fingerprint density at radius 1 is 1.47 bits per heavy atom.